The molecule has 0 radical (unpaired) electrons. The van der Waals surface area contributed by atoms with E-state index in [1.54, 1.807) is 35.4 Å². The predicted octanol–water partition coefficient (Wildman–Crippen LogP) is 5.14. The van der Waals surface area contributed by atoms with Crippen LogP contribution in [0.3, 0.4) is 0 Å². The third-order valence-corrected chi connectivity index (χ3v) is 7.23. The van der Waals surface area contributed by atoms with Gasteiger partial charge in [-0.1, -0.05) is 61.8 Å². The lowest BCUT2D eigenvalue weighted by molar-refractivity contribution is 0.0608. The maximum absolute atomic E-state index is 14.5. The highest BCUT2D eigenvalue weighted by molar-refractivity contribution is 6.34. The van der Waals surface area contributed by atoms with Crippen molar-refractivity contribution in [1.29, 1.82) is 0 Å². The molecule has 2 aromatic carbocycles. The summed E-state index contributed by atoms with van der Waals surface area (Å²) in [4.78, 5) is 29.4. The molecule has 0 unspecified atom stereocenters. The van der Waals surface area contributed by atoms with Crippen molar-refractivity contribution < 1.29 is 9.18 Å². The summed E-state index contributed by atoms with van der Waals surface area (Å²) >= 11 is 6.57. The van der Waals surface area contributed by atoms with Gasteiger partial charge in [-0.05, 0) is 62.1 Å². The van der Waals surface area contributed by atoms with E-state index in [4.69, 9.17) is 17.3 Å². The number of amides is 1. The Morgan fingerprint density at radius 1 is 1.13 bits per heavy atom. The van der Waals surface area contributed by atoms with Crippen molar-refractivity contribution in [3.05, 3.63) is 104 Å². The Morgan fingerprint density at radius 3 is 2.47 bits per heavy atom. The summed E-state index contributed by atoms with van der Waals surface area (Å²) in [5.41, 5.74) is 8.77. The summed E-state index contributed by atoms with van der Waals surface area (Å²) in [5, 5.41) is 4.75. The first-order valence-corrected chi connectivity index (χ1v) is 13.1. The number of fused-ring (bicyclic) bond motifs is 1. The number of hydrogen-bond acceptors (Lipinski definition) is 4. The lowest BCUT2D eigenvalue weighted by atomic mass is 9.96. The van der Waals surface area contributed by atoms with Crippen molar-refractivity contribution in [2.45, 2.75) is 46.7 Å². The molecule has 0 aliphatic rings. The smallest absolute Gasteiger partial charge is 0.330 e. The van der Waals surface area contributed by atoms with Gasteiger partial charge in [-0.15, -0.1) is 0 Å². The second-order valence-electron chi connectivity index (χ2n) is 9.91. The molecule has 200 valence electrons. The number of hydrogen-bond donors (Lipinski definition) is 1. The first kappa shape index (κ1) is 27.5. The number of carbonyl (C=O) groups is 1. The average Bonchev–Trinajstić information content (AvgIpc) is 3.18. The van der Waals surface area contributed by atoms with Gasteiger partial charge in [0.1, 0.15) is 5.82 Å². The van der Waals surface area contributed by atoms with Crippen LogP contribution in [0.1, 0.15) is 59.2 Å². The van der Waals surface area contributed by atoms with E-state index in [2.05, 4.69) is 5.10 Å². The van der Waals surface area contributed by atoms with Gasteiger partial charge in [0.2, 0.25) is 0 Å². The van der Waals surface area contributed by atoms with Gasteiger partial charge in [-0.2, -0.15) is 9.61 Å². The number of benzene rings is 2. The number of aryl methyl sites for hydroxylation is 2. The molecule has 0 spiro atoms. The molecule has 4 aromatic rings. The van der Waals surface area contributed by atoms with Crippen molar-refractivity contribution in [3.63, 3.8) is 0 Å². The van der Waals surface area contributed by atoms with Crippen LogP contribution in [0, 0.1) is 25.6 Å². The normalized spacial score (nSPS) is 12.3. The molecule has 7 nitrogen and oxygen atoms in total. The van der Waals surface area contributed by atoms with Crippen molar-refractivity contribution in [2.75, 3.05) is 13.1 Å². The molecule has 4 rings (SSSR count). The van der Waals surface area contributed by atoms with Crippen LogP contribution in [0.5, 0.6) is 0 Å². The fourth-order valence-electron chi connectivity index (χ4n) is 4.79. The molecule has 0 fully saturated rings. The van der Waals surface area contributed by atoms with Gasteiger partial charge in [-0.3, -0.25) is 9.36 Å². The van der Waals surface area contributed by atoms with Crippen LogP contribution in [-0.4, -0.2) is 38.1 Å². The van der Waals surface area contributed by atoms with Gasteiger partial charge in [-0.25, -0.2) is 9.18 Å². The molecule has 2 aromatic heterocycles. The second-order valence-corrected chi connectivity index (χ2v) is 10.3. The summed E-state index contributed by atoms with van der Waals surface area (Å²) in [6.45, 7) is 8.38. The van der Waals surface area contributed by atoms with Crippen LogP contribution in [0.25, 0.3) is 5.52 Å². The van der Waals surface area contributed by atoms with E-state index in [1.807, 2.05) is 50.2 Å². The Morgan fingerprint density at radius 2 is 1.84 bits per heavy atom. The maximum Gasteiger partial charge on any atom is 0.349 e. The maximum atomic E-state index is 14.5. The van der Waals surface area contributed by atoms with Gasteiger partial charge in [0.05, 0.1) is 28.8 Å². The van der Waals surface area contributed by atoms with Gasteiger partial charge < -0.3 is 10.6 Å². The lowest BCUT2D eigenvalue weighted by Crippen LogP contribution is -2.42. The van der Waals surface area contributed by atoms with Crippen LogP contribution < -0.4 is 11.4 Å². The van der Waals surface area contributed by atoms with Crippen molar-refractivity contribution in [2.24, 2.45) is 11.7 Å². The first-order chi connectivity index (χ1) is 18.1. The van der Waals surface area contributed by atoms with Gasteiger partial charge in [0.25, 0.3) is 5.91 Å². The van der Waals surface area contributed by atoms with Gasteiger partial charge >= 0.3 is 5.69 Å². The molecule has 1 amide bonds. The third-order valence-electron chi connectivity index (χ3n) is 6.77. The minimum atomic E-state index is -0.522. The van der Waals surface area contributed by atoms with Gasteiger partial charge in [0, 0.05) is 17.8 Å². The second kappa shape index (κ2) is 11.5. The van der Waals surface area contributed by atoms with Crippen molar-refractivity contribution >= 4 is 23.0 Å². The van der Waals surface area contributed by atoms with Gasteiger partial charge in [0.15, 0.2) is 0 Å². The minimum Gasteiger partial charge on any atom is -0.330 e. The third kappa shape index (κ3) is 5.37. The lowest BCUT2D eigenvalue weighted by Gasteiger charge is -2.36. The van der Waals surface area contributed by atoms with Crippen LogP contribution in [0.4, 0.5) is 4.39 Å². The molecule has 0 aliphatic heterocycles. The fraction of sp³-hybridized carbons (Fsp3) is 0.345. The molecule has 2 N–H and O–H groups in total. The summed E-state index contributed by atoms with van der Waals surface area (Å²) in [7, 11) is 0. The molecule has 38 heavy (non-hydrogen) atoms. The van der Waals surface area contributed by atoms with E-state index in [1.165, 1.54) is 10.6 Å². The quantitative estimate of drug-likeness (QED) is 0.320. The zero-order valence-electron chi connectivity index (χ0n) is 22.1. The molecule has 0 saturated heterocycles. The molecule has 2 heterocycles. The van der Waals surface area contributed by atoms with E-state index in [0.717, 1.165) is 5.56 Å². The Hall–Kier alpha value is -3.49. The number of rotatable bonds is 9. The first-order valence-electron chi connectivity index (χ1n) is 12.7. The number of carbonyl (C=O) groups excluding carboxylic acids is 1. The Balaban J connectivity index is 1.95. The monoisotopic (exact) mass is 537 g/mol. The Kier molecular flexibility index (Phi) is 8.33. The van der Waals surface area contributed by atoms with Crippen molar-refractivity contribution in [1.82, 2.24) is 19.1 Å². The van der Waals surface area contributed by atoms with Crippen molar-refractivity contribution in [3.8, 4) is 0 Å². The van der Waals surface area contributed by atoms with E-state index in [0.29, 0.717) is 47.0 Å². The summed E-state index contributed by atoms with van der Waals surface area (Å²) < 4.78 is 17.4. The molecule has 0 aliphatic carbocycles. The summed E-state index contributed by atoms with van der Waals surface area (Å²) in [6, 6.07) is 15.4. The summed E-state index contributed by atoms with van der Waals surface area (Å²) in [6.07, 6.45) is 0.543. The van der Waals surface area contributed by atoms with Crippen LogP contribution in [-0.2, 0) is 6.54 Å². The largest absolute Gasteiger partial charge is 0.349 e. The number of halogens is 2. The number of nitrogens with zero attached hydrogens (tertiary/aromatic N) is 4. The molecular formula is C29H33ClFN5O2. The fourth-order valence-corrected chi connectivity index (χ4v) is 4.96. The van der Waals surface area contributed by atoms with E-state index >= 15 is 0 Å². The summed E-state index contributed by atoms with van der Waals surface area (Å²) in [5.74, 6) is -0.872. The number of nitrogens with two attached hydrogens (primary N) is 1. The SMILES string of the molecule is Cc1ccc(C(=O)N(CCCN)[C@@H](c2cc3c(Cl)c(C)nn3c(=O)n2Cc2ccccc2)C(C)C)cc1F. The molecule has 9 heteroatoms. The highest BCUT2D eigenvalue weighted by Crippen LogP contribution is 2.33. The van der Waals surface area contributed by atoms with Crippen LogP contribution in [0.2, 0.25) is 5.02 Å². The van der Waals surface area contributed by atoms with Crippen LogP contribution >= 0.6 is 11.6 Å². The molecular weight excluding hydrogens is 505 g/mol. The minimum absolute atomic E-state index is 0.0984. The topological polar surface area (TPSA) is 85.6 Å². The molecule has 0 bridgehead atoms. The Bertz CT molecular complexity index is 1510. The Labute approximate surface area is 226 Å². The molecule has 1 atom stereocenters. The zero-order valence-corrected chi connectivity index (χ0v) is 22.9. The number of aromatic nitrogens is 3. The zero-order chi connectivity index (χ0) is 27.6. The highest BCUT2D eigenvalue weighted by Gasteiger charge is 2.32. The average molecular weight is 538 g/mol. The van der Waals surface area contributed by atoms with E-state index in [9.17, 15) is 14.0 Å². The molecule has 0 saturated carbocycles. The van der Waals surface area contributed by atoms with Crippen LogP contribution in [0.15, 0.2) is 59.4 Å². The highest BCUT2D eigenvalue weighted by atomic mass is 35.5. The van der Waals surface area contributed by atoms with E-state index < -0.39 is 11.9 Å². The predicted molar refractivity (Wildman–Crippen MR) is 148 cm³/mol. The standard InChI is InChI=1S/C29H33ClFN5O2/c1-18(2)27(34(14-8-13-32)28(37)22-12-11-19(3)23(31)15-22)25-16-24-26(30)20(4)33-36(24)29(38)35(25)17-21-9-6-5-7-10-21/h5-7,9-12,15-16,18,27H,8,13-14,17,32H2,1-4H3/t27-/m1/s1. The van der Waals surface area contributed by atoms with E-state index in [-0.39, 0.29) is 29.6 Å².